The Hall–Kier alpha value is -2.63. The van der Waals surface area contributed by atoms with Gasteiger partial charge in [-0.25, -0.2) is 0 Å². The number of hydrogen-bond acceptors (Lipinski definition) is 5. The lowest BCUT2D eigenvalue weighted by Crippen LogP contribution is -2.29. The molecule has 0 saturated carbocycles. The van der Waals surface area contributed by atoms with Crippen molar-refractivity contribution in [2.45, 2.75) is 33.1 Å². The summed E-state index contributed by atoms with van der Waals surface area (Å²) in [5, 5.41) is 14.2. The van der Waals surface area contributed by atoms with Crippen LogP contribution in [0, 0.1) is 5.92 Å². The van der Waals surface area contributed by atoms with Crippen LogP contribution < -0.4 is 15.5 Å². The summed E-state index contributed by atoms with van der Waals surface area (Å²) in [6.07, 6.45) is 3.87. The van der Waals surface area contributed by atoms with Crippen LogP contribution in [0.4, 0.5) is 17.2 Å². The highest BCUT2D eigenvalue weighted by molar-refractivity contribution is 5.92. The number of benzene rings is 1. The molecule has 26 heavy (non-hydrogen) atoms. The van der Waals surface area contributed by atoms with Crippen LogP contribution >= 0.6 is 0 Å². The SMILES string of the molecule is CC(C)CNC(=O)c1ccc(Nc2ccc(N3CCCCC3)cc2)nn1. The zero-order valence-electron chi connectivity index (χ0n) is 15.5. The van der Waals surface area contributed by atoms with E-state index in [1.807, 2.05) is 0 Å². The Morgan fingerprint density at radius 2 is 1.77 bits per heavy atom. The number of nitrogens with one attached hydrogen (secondary N) is 2. The predicted octanol–water partition coefficient (Wildman–Crippen LogP) is 3.60. The minimum Gasteiger partial charge on any atom is -0.372 e. The molecule has 6 heteroatoms. The van der Waals surface area contributed by atoms with Crippen LogP contribution in [-0.2, 0) is 0 Å². The number of anilines is 3. The molecule has 1 fully saturated rings. The molecule has 0 bridgehead atoms. The molecule has 6 nitrogen and oxygen atoms in total. The molecule has 1 aliphatic heterocycles. The highest BCUT2D eigenvalue weighted by atomic mass is 16.1. The summed E-state index contributed by atoms with van der Waals surface area (Å²) in [6, 6.07) is 11.8. The lowest BCUT2D eigenvalue weighted by atomic mass is 10.1. The molecule has 138 valence electrons. The topological polar surface area (TPSA) is 70.2 Å². The molecule has 3 rings (SSSR count). The van der Waals surface area contributed by atoms with E-state index in [1.54, 1.807) is 12.1 Å². The summed E-state index contributed by atoms with van der Waals surface area (Å²) < 4.78 is 0. The maximum atomic E-state index is 12.0. The van der Waals surface area contributed by atoms with Gasteiger partial charge in [0.1, 0.15) is 0 Å². The summed E-state index contributed by atoms with van der Waals surface area (Å²) >= 11 is 0. The van der Waals surface area contributed by atoms with Crippen LogP contribution in [0.25, 0.3) is 0 Å². The zero-order valence-corrected chi connectivity index (χ0v) is 15.5. The first-order chi connectivity index (χ1) is 12.6. The standard InChI is InChI=1S/C20H27N5O/c1-15(2)14-21-20(26)18-10-11-19(24-23-18)22-16-6-8-17(9-7-16)25-12-4-3-5-13-25/h6-11,15H,3-5,12-14H2,1-2H3,(H,21,26)(H,22,24). The summed E-state index contributed by atoms with van der Waals surface area (Å²) in [7, 11) is 0. The first-order valence-corrected chi connectivity index (χ1v) is 9.36. The van der Waals surface area contributed by atoms with Gasteiger partial charge < -0.3 is 15.5 Å². The van der Waals surface area contributed by atoms with Crippen LogP contribution in [0.5, 0.6) is 0 Å². The molecule has 1 aromatic carbocycles. The fourth-order valence-corrected chi connectivity index (χ4v) is 2.96. The van der Waals surface area contributed by atoms with Crippen molar-refractivity contribution in [1.82, 2.24) is 15.5 Å². The van der Waals surface area contributed by atoms with Gasteiger partial charge in [-0.1, -0.05) is 13.8 Å². The molecule has 0 atom stereocenters. The van der Waals surface area contributed by atoms with E-state index >= 15 is 0 Å². The minimum atomic E-state index is -0.191. The molecule has 1 saturated heterocycles. The van der Waals surface area contributed by atoms with Gasteiger partial charge >= 0.3 is 0 Å². The molecular formula is C20H27N5O. The van der Waals surface area contributed by atoms with E-state index in [2.05, 4.69) is 63.8 Å². The van der Waals surface area contributed by atoms with Crippen LogP contribution in [0.1, 0.15) is 43.6 Å². The van der Waals surface area contributed by atoms with Gasteiger partial charge in [-0.2, -0.15) is 0 Å². The first kappa shape index (κ1) is 18.2. The molecule has 0 spiro atoms. The van der Waals surface area contributed by atoms with Crippen molar-refractivity contribution in [3.8, 4) is 0 Å². The minimum absolute atomic E-state index is 0.191. The van der Waals surface area contributed by atoms with Crippen LogP contribution in [0.2, 0.25) is 0 Å². The monoisotopic (exact) mass is 353 g/mol. The van der Waals surface area contributed by atoms with Gasteiger partial charge in [0.05, 0.1) is 0 Å². The molecule has 0 unspecified atom stereocenters. The molecule has 2 heterocycles. The van der Waals surface area contributed by atoms with Crippen molar-refractivity contribution in [3.63, 3.8) is 0 Å². The second kappa shape index (κ2) is 8.65. The fraction of sp³-hybridized carbons (Fsp3) is 0.450. The van der Waals surface area contributed by atoms with Crippen LogP contribution in [-0.4, -0.2) is 35.7 Å². The third kappa shape index (κ3) is 4.94. The Morgan fingerprint density at radius 1 is 1.04 bits per heavy atom. The number of carbonyl (C=O) groups is 1. The smallest absolute Gasteiger partial charge is 0.271 e. The first-order valence-electron chi connectivity index (χ1n) is 9.36. The number of aromatic nitrogens is 2. The number of amides is 1. The van der Waals surface area contributed by atoms with E-state index in [4.69, 9.17) is 0 Å². The lowest BCUT2D eigenvalue weighted by molar-refractivity contribution is 0.0943. The molecular weight excluding hydrogens is 326 g/mol. The van der Waals surface area contributed by atoms with E-state index in [9.17, 15) is 4.79 Å². The van der Waals surface area contributed by atoms with Crippen molar-refractivity contribution in [2.24, 2.45) is 5.92 Å². The van der Waals surface area contributed by atoms with Crippen molar-refractivity contribution < 1.29 is 4.79 Å². The summed E-state index contributed by atoms with van der Waals surface area (Å²) in [5.41, 5.74) is 2.55. The number of hydrogen-bond donors (Lipinski definition) is 2. The molecule has 0 radical (unpaired) electrons. The van der Waals surface area contributed by atoms with Gasteiger partial charge in [0.2, 0.25) is 0 Å². The van der Waals surface area contributed by atoms with Crippen molar-refractivity contribution in [3.05, 3.63) is 42.1 Å². The summed E-state index contributed by atoms with van der Waals surface area (Å²) in [4.78, 5) is 14.4. The third-order valence-corrected chi connectivity index (χ3v) is 4.43. The molecule has 2 N–H and O–H groups in total. The molecule has 2 aromatic rings. The number of carbonyl (C=O) groups excluding carboxylic acids is 1. The average molecular weight is 353 g/mol. The fourth-order valence-electron chi connectivity index (χ4n) is 2.96. The van der Waals surface area contributed by atoms with Crippen molar-refractivity contribution >= 4 is 23.1 Å². The molecule has 1 aliphatic rings. The maximum absolute atomic E-state index is 12.0. The second-order valence-corrected chi connectivity index (χ2v) is 7.13. The lowest BCUT2D eigenvalue weighted by Gasteiger charge is -2.28. The Kier molecular flexibility index (Phi) is 6.04. The predicted molar refractivity (Wildman–Crippen MR) is 105 cm³/mol. The Labute approximate surface area is 155 Å². The van der Waals surface area contributed by atoms with Crippen molar-refractivity contribution in [2.75, 3.05) is 29.9 Å². The van der Waals surface area contributed by atoms with E-state index < -0.39 is 0 Å². The number of rotatable bonds is 6. The van der Waals surface area contributed by atoms with Crippen LogP contribution in [0.3, 0.4) is 0 Å². The Bertz CT molecular complexity index is 706. The summed E-state index contributed by atoms with van der Waals surface area (Å²) in [5.74, 6) is 0.834. The zero-order chi connectivity index (χ0) is 18.4. The highest BCUT2D eigenvalue weighted by Gasteiger charge is 2.11. The van der Waals surface area contributed by atoms with Crippen molar-refractivity contribution in [1.29, 1.82) is 0 Å². The van der Waals surface area contributed by atoms with E-state index in [-0.39, 0.29) is 5.91 Å². The highest BCUT2D eigenvalue weighted by Crippen LogP contribution is 2.23. The largest absolute Gasteiger partial charge is 0.372 e. The number of piperidine rings is 1. The van der Waals surface area contributed by atoms with E-state index in [0.717, 1.165) is 18.8 Å². The van der Waals surface area contributed by atoms with E-state index in [1.165, 1.54) is 24.9 Å². The molecule has 1 amide bonds. The quantitative estimate of drug-likeness (QED) is 0.830. The van der Waals surface area contributed by atoms with Gasteiger partial charge in [-0.15, -0.1) is 10.2 Å². The maximum Gasteiger partial charge on any atom is 0.271 e. The van der Waals surface area contributed by atoms with E-state index in [0.29, 0.717) is 24.0 Å². The van der Waals surface area contributed by atoms with Gasteiger partial charge in [-0.05, 0) is 61.6 Å². The second-order valence-electron chi connectivity index (χ2n) is 7.13. The van der Waals surface area contributed by atoms with Gasteiger partial charge in [0, 0.05) is 31.0 Å². The Morgan fingerprint density at radius 3 is 2.38 bits per heavy atom. The van der Waals surface area contributed by atoms with Gasteiger partial charge in [-0.3, -0.25) is 4.79 Å². The normalized spacial score (nSPS) is 14.3. The molecule has 1 aromatic heterocycles. The average Bonchev–Trinajstić information content (AvgIpc) is 2.68. The van der Waals surface area contributed by atoms with Crippen LogP contribution in [0.15, 0.2) is 36.4 Å². The van der Waals surface area contributed by atoms with Gasteiger partial charge in [0.15, 0.2) is 11.5 Å². The summed E-state index contributed by atoms with van der Waals surface area (Å²) in [6.45, 7) is 7.01. The Balaban J connectivity index is 1.57. The van der Waals surface area contributed by atoms with Gasteiger partial charge in [0.25, 0.3) is 5.91 Å². The number of nitrogens with zero attached hydrogens (tertiary/aromatic N) is 3. The third-order valence-electron chi connectivity index (χ3n) is 4.43. The molecule has 0 aliphatic carbocycles.